The minimum Gasteiger partial charge on any atom is -0.469 e. The van der Waals surface area contributed by atoms with E-state index >= 15 is 0 Å². The maximum Gasteiger partial charge on any atom is 0.308 e. The molecule has 2 fully saturated rings. The van der Waals surface area contributed by atoms with Gasteiger partial charge >= 0.3 is 5.97 Å². The van der Waals surface area contributed by atoms with Crippen LogP contribution in [0.5, 0.6) is 0 Å². The molecule has 166 valence electrons. The van der Waals surface area contributed by atoms with Crippen LogP contribution in [0.4, 0.5) is 0 Å². The summed E-state index contributed by atoms with van der Waals surface area (Å²) in [5, 5.41) is 0. The summed E-state index contributed by atoms with van der Waals surface area (Å²) in [6.07, 6.45) is 1.36. The Labute approximate surface area is 179 Å². The third kappa shape index (κ3) is 6.52. The van der Waals surface area contributed by atoms with E-state index in [1.165, 1.54) is 12.7 Å². The third-order valence-electron chi connectivity index (χ3n) is 6.20. The summed E-state index contributed by atoms with van der Waals surface area (Å²) < 4.78 is 10.3. The molecule has 2 saturated heterocycles. The van der Waals surface area contributed by atoms with Gasteiger partial charge in [-0.05, 0) is 25.3 Å². The zero-order chi connectivity index (χ0) is 21.3. The molecule has 2 aliphatic rings. The lowest BCUT2D eigenvalue weighted by atomic mass is 9.97. The Hall–Kier alpha value is -1.96. The normalized spacial score (nSPS) is 19.6. The number of benzene rings is 1. The molecule has 7 nitrogen and oxygen atoms in total. The number of nitrogens with zero attached hydrogens (tertiary/aromatic N) is 3. The van der Waals surface area contributed by atoms with Gasteiger partial charge in [0.2, 0.25) is 5.91 Å². The summed E-state index contributed by atoms with van der Waals surface area (Å²) >= 11 is 0. The van der Waals surface area contributed by atoms with Crippen molar-refractivity contribution in [2.45, 2.75) is 32.4 Å². The monoisotopic (exact) mass is 417 g/mol. The average molecular weight is 418 g/mol. The Morgan fingerprint density at radius 2 is 1.80 bits per heavy atom. The van der Waals surface area contributed by atoms with E-state index in [1.807, 2.05) is 23.1 Å². The van der Waals surface area contributed by atoms with E-state index in [4.69, 9.17) is 9.47 Å². The summed E-state index contributed by atoms with van der Waals surface area (Å²) in [7, 11) is 1.43. The van der Waals surface area contributed by atoms with E-state index in [9.17, 15) is 9.59 Å². The van der Waals surface area contributed by atoms with Crippen molar-refractivity contribution in [1.82, 2.24) is 14.7 Å². The highest BCUT2D eigenvalue weighted by Gasteiger charge is 2.29. The molecule has 0 saturated carbocycles. The first-order valence-electron chi connectivity index (χ1n) is 11.0. The molecule has 0 aliphatic carbocycles. The Balaban J connectivity index is 1.59. The molecular formula is C23H35N3O4. The Bertz CT molecular complexity index is 670. The van der Waals surface area contributed by atoms with Gasteiger partial charge in [-0.1, -0.05) is 30.3 Å². The van der Waals surface area contributed by atoms with Crippen LogP contribution in [0, 0.1) is 5.92 Å². The van der Waals surface area contributed by atoms with Crippen molar-refractivity contribution >= 4 is 11.9 Å². The molecule has 3 rings (SSSR count). The van der Waals surface area contributed by atoms with Crippen molar-refractivity contribution < 1.29 is 19.1 Å². The zero-order valence-electron chi connectivity index (χ0n) is 18.3. The van der Waals surface area contributed by atoms with Gasteiger partial charge in [-0.15, -0.1) is 0 Å². The minimum atomic E-state index is -0.160. The van der Waals surface area contributed by atoms with Crippen molar-refractivity contribution in [3.63, 3.8) is 0 Å². The molecule has 0 radical (unpaired) electrons. The van der Waals surface area contributed by atoms with Gasteiger partial charge in [-0.2, -0.15) is 0 Å². The smallest absolute Gasteiger partial charge is 0.308 e. The molecule has 0 spiro atoms. The predicted octanol–water partition coefficient (Wildman–Crippen LogP) is 1.62. The van der Waals surface area contributed by atoms with Crippen LogP contribution in [-0.2, 0) is 25.6 Å². The fraction of sp³-hybridized carbons (Fsp3) is 0.652. The number of hydrogen-bond donors (Lipinski definition) is 0. The second kappa shape index (κ2) is 11.4. The van der Waals surface area contributed by atoms with Crippen molar-refractivity contribution in [2.75, 3.05) is 59.6 Å². The molecule has 1 aromatic carbocycles. The van der Waals surface area contributed by atoms with Crippen LogP contribution in [0.15, 0.2) is 30.3 Å². The van der Waals surface area contributed by atoms with Gasteiger partial charge in [0.25, 0.3) is 0 Å². The number of amides is 1. The average Bonchev–Trinajstić information content (AvgIpc) is 2.79. The lowest BCUT2D eigenvalue weighted by molar-refractivity contribution is -0.149. The van der Waals surface area contributed by atoms with E-state index in [2.05, 4.69) is 28.9 Å². The molecule has 0 bridgehead atoms. The number of ether oxygens (including phenoxy) is 2. The summed E-state index contributed by atoms with van der Waals surface area (Å²) in [6, 6.07) is 10.6. The number of methoxy groups -OCH3 is 1. The number of rotatable bonds is 8. The standard InChI is InChI=1S/C23H35N3O4/c1-19(16-24-12-14-30-15-13-24)26(17-20-6-4-3-5-7-20)18-22(27)25-10-8-21(9-11-25)23(28)29-2/h3-7,19,21H,8-18H2,1-2H3. The lowest BCUT2D eigenvalue weighted by Gasteiger charge is -2.37. The van der Waals surface area contributed by atoms with Crippen LogP contribution in [0.2, 0.25) is 0 Å². The highest BCUT2D eigenvalue weighted by molar-refractivity contribution is 5.79. The van der Waals surface area contributed by atoms with Gasteiger partial charge < -0.3 is 14.4 Å². The molecule has 7 heteroatoms. The minimum absolute atomic E-state index is 0.0836. The van der Waals surface area contributed by atoms with Gasteiger partial charge in [-0.3, -0.25) is 19.4 Å². The number of piperidine rings is 1. The first-order valence-corrected chi connectivity index (χ1v) is 11.0. The number of esters is 1. The molecule has 0 aromatic heterocycles. The largest absolute Gasteiger partial charge is 0.469 e. The van der Waals surface area contributed by atoms with Gasteiger partial charge in [0.1, 0.15) is 0 Å². The lowest BCUT2D eigenvalue weighted by Crippen LogP contribution is -2.50. The van der Waals surface area contributed by atoms with E-state index in [1.54, 1.807) is 0 Å². The van der Waals surface area contributed by atoms with Crippen LogP contribution in [0.25, 0.3) is 0 Å². The molecule has 1 unspecified atom stereocenters. The number of morpholine rings is 1. The molecule has 2 heterocycles. The first kappa shape index (κ1) is 22.7. The van der Waals surface area contributed by atoms with Crippen molar-refractivity contribution in [3.05, 3.63) is 35.9 Å². The van der Waals surface area contributed by atoms with Gasteiger partial charge in [0, 0.05) is 45.3 Å². The summed E-state index contributed by atoms with van der Waals surface area (Å²) in [5.41, 5.74) is 1.21. The SMILES string of the molecule is COC(=O)C1CCN(C(=O)CN(Cc2ccccc2)C(C)CN2CCOCC2)CC1. The molecular weight excluding hydrogens is 382 g/mol. The second-order valence-corrected chi connectivity index (χ2v) is 8.33. The maximum absolute atomic E-state index is 13.1. The second-order valence-electron chi connectivity index (χ2n) is 8.33. The van der Waals surface area contributed by atoms with Crippen LogP contribution in [0.3, 0.4) is 0 Å². The zero-order valence-corrected chi connectivity index (χ0v) is 18.3. The number of hydrogen-bond acceptors (Lipinski definition) is 6. The first-order chi connectivity index (χ1) is 14.6. The summed E-state index contributed by atoms with van der Waals surface area (Å²) in [5.74, 6) is -0.102. The predicted molar refractivity (Wildman–Crippen MR) is 115 cm³/mol. The molecule has 2 aliphatic heterocycles. The highest BCUT2D eigenvalue weighted by atomic mass is 16.5. The van der Waals surface area contributed by atoms with Gasteiger partial charge in [0.05, 0.1) is 32.8 Å². The molecule has 1 aromatic rings. The topological polar surface area (TPSA) is 62.3 Å². The molecule has 1 amide bonds. The Kier molecular flexibility index (Phi) is 8.66. The number of carbonyl (C=O) groups is 2. The van der Waals surface area contributed by atoms with Crippen LogP contribution in [-0.4, -0.2) is 92.2 Å². The Morgan fingerprint density at radius 3 is 2.43 bits per heavy atom. The molecule has 0 N–H and O–H groups in total. The summed E-state index contributed by atoms with van der Waals surface area (Å²) in [6.45, 7) is 8.95. The van der Waals surface area contributed by atoms with E-state index in [-0.39, 0.29) is 23.8 Å². The number of carbonyl (C=O) groups excluding carboxylic acids is 2. The highest BCUT2D eigenvalue weighted by Crippen LogP contribution is 2.19. The van der Waals surface area contributed by atoms with Gasteiger partial charge in [0.15, 0.2) is 0 Å². The van der Waals surface area contributed by atoms with E-state index < -0.39 is 0 Å². The van der Waals surface area contributed by atoms with E-state index in [0.717, 1.165) is 39.4 Å². The van der Waals surface area contributed by atoms with E-state index in [0.29, 0.717) is 32.5 Å². The molecule has 30 heavy (non-hydrogen) atoms. The van der Waals surface area contributed by atoms with Crippen LogP contribution in [0.1, 0.15) is 25.3 Å². The van der Waals surface area contributed by atoms with Crippen LogP contribution >= 0.6 is 0 Å². The summed E-state index contributed by atoms with van der Waals surface area (Å²) in [4.78, 5) is 31.4. The Morgan fingerprint density at radius 1 is 1.13 bits per heavy atom. The fourth-order valence-electron chi connectivity index (χ4n) is 4.26. The van der Waals surface area contributed by atoms with Crippen LogP contribution < -0.4 is 0 Å². The van der Waals surface area contributed by atoms with Crippen molar-refractivity contribution in [3.8, 4) is 0 Å². The van der Waals surface area contributed by atoms with Crippen molar-refractivity contribution in [1.29, 1.82) is 0 Å². The third-order valence-corrected chi connectivity index (χ3v) is 6.20. The fourth-order valence-corrected chi connectivity index (χ4v) is 4.26. The maximum atomic E-state index is 13.1. The quantitative estimate of drug-likeness (QED) is 0.599. The van der Waals surface area contributed by atoms with Gasteiger partial charge in [-0.25, -0.2) is 0 Å². The number of likely N-dealkylation sites (tertiary alicyclic amines) is 1. The van der Waals surface area contributed by atoms with Crippen molar-refractivity contribution in [2.24, 2.45) is 5.92 Å². The molecule has 1 atom stereocenters.